The van der Waals surface area contributed by atoms with Crippen molar-refractivity contribution in [1.82, 2.24) is 14.9 Å². The summed E-state index contributed by atoms with van der Waals surface area (Å²) >= 11 is 6.29. The largest absolute Gasteiger partial charge is 0.493 e. The number of aromatic amines is 1. The minimum absolute atomic E-state index is 0.0644. The van der Waals surface area contributed by atoms with E-state index in [0.717, 1.165) is 0 Å². The van der Waals surface area contributed by atoms with Crippen LogP contribution in [0.25, 0.3) is 10.9 Å². The second-order valence-electron chi connectivity index (χ2n) is 7.56. The van der Waals surface area contributed by atoms with Gasteiger partial charge in [0, 0.05) is 18.2 Å². The molecule has 1 amide bonds. The third-order valence-electron chi connectivity index (χ3n) is 5.35. The van der Waals surface area contributed by atoms with Crippen molar-refractivity contribution >= 4 is 34.1 Å². The Morgan fingerprint density at radius 1 is 1.15 bits per heavy atom. The summed E-state index contributed by atoms with van der Waals surface area (Å²) in [6.45, 7) is 3.67. The number of halogens is 1. The highest BCUT2D eigenvalue weighted by Crippen LogP contribution is 2.38. The average Bonchev–Trinajstić information content (AvgIpc) is 2.83. The number of nitrogens with zero attached hydrogens (tertiary/aromatic N) is 2. The molecule has 34 heavy (non-hydrogen) atoms. The number of hydrogen-bond donors (Lipinski definition) is 2. The van der Waals surface area contributed by atoms with Crippen molar-refractivity contribution in [2.45, 2.75) is 13.5 Å². The molecule has 2 N–H and O–H groups in total. The molecule has 0 spiro atoms. The van der Waals surface area contributed by atoms with Gasteiger partial charge < -0.3 is 29.2 Å². The maximum atomic E-state index is 12.7. The van der Waals surface area contributed by atoms with E-state index in [4.69, 9.17) is 30.5 Å². The molecule has 180 valence electrons. The summed E-state index contributed by atoms with van der Waals surface area (Å²) in [4.78, 5) is 34.5. The molecule has 0 fully saturated rings. The number of rotatable bonds is 8. The van der Waals surface area contributed by atoms with Crippen LogP contribution in [0, 0.1) is 0 Å². The van der Waals surface area contributed by atoms with E-state index in [9.17, 15) is 9.59 Å². The van der Waals surface area contributed by atoms with E-state index >= 15 is 0 Å². The van der Waals surface area contributed by atoms with Gasteiger partial charge in [-0.05, 0) is 12.6 Å². The lowest BCUT2D eigenvalue weighted by atomic mass is 10.2. The van der Waals surface area contributed by atoms with Crippen molar-refractivity contribution in [2.75, 3.05) is 45.8 Å². The van der Waals surface area contributed by atoms with Gasteiger partial charge in [0.2, 0.25) is 5.91 Å². The summed E-state index contributed by atoms with van der Waals surface area (Å²) in [6.07, 6.45) is 0. The maximum absolute atomic E-state index is 12.7. The summed E-state index contributed by atoms with van der Waals surface area (Å²) < 4.78 is 21.6. The standard InChI is InChI=1S/C23H25ClN4O6/c1-4-28(12-22(29)26-16-10-20-19(8-14(16)24)33-5-6-34-20)11-21-25-15-9-18(32-3)17(31-2)7-13(15)23(30)27-21/h7-10H,4-6,11-12H2,1-3H3,(H,26,29)(H,25,27,30). The van der Waals surface area contributed by atoms with Crippen molar-refractivity contribution in [3.63, 3.8) is 0 Å². The molecule has 3 aromatic rings. The molecule has 2 aromatic carbocycles. The van der Waals surface area contributed by atoms with Crippen LogP contribution in [0.4, 0.5) is 5.69 Å². The second kappa shape index (κ2) is 10.2. The number of nitrogens with one attached hydrogen (secondary N) is 2. The molecule has 0 radical (unpaired) electrons. The third kappa shape index (κ3) is 5.02. The van der Waals surface area contributed by atoms with Crippen molar-refractivity contribution in [1.29, 1.82) is 0 Å². The molecule has 0 bridgehead atoms. The van der Waals surface area contributed by atoms with Gasteiger partial charge in [0.25, 0.3) is 5.56 Å². The number of ether oxygens (including phenoxy) is 4. The SMILES string of the molecule is CCN(CC(=O)Nc1cc2c(cc1Cl)OCCO2)Cc1nc2cc(OC)c(OC)cc2c(=O)[nH]1. The Hall–Kier alpha value is -3.50. The van der Waals surface area contributed by atoms with Crippen LogP contribution in [0.15, 0.2) is 29.1 Å². The van der Waals surface area contributed by atoms with Crippen LogP contribution < -0.4 is 29.8 Å². The molecule has 4 rings (SSSR count). The zero-order valence-corrected chi connectivity index (χ0v) is 19.8. The van der Waals surface area contributed by atoms with E-state index in [0.29, 0.717) is 70.2 Å². The fourth-order valence-corrected chi connectivity index (χ4v) is 3.83. The van der Waals surface area contributed by atoms with Gasteiger partial charge in [-0.25, -0.2) is 4.98 Å². The normalized spacial score (nSPS) is 12.6. The van der Waals surface area contributed by atoms with E-state index in [1.807, 2.05) is 11.8 Å². The van der Waals surface area contributed by atoms with Gasteiger partial charge in [0.05, 0.1) is 48.9 Å². The summed E-state index contributed by atoms with van der Waals surface area (Å²) in [5.41, 5.74) is 0.606. The Morgan fingerprint density at radius 3 is 2.50 bits per heavy atom. The van der Waals surface area contributed by atoms with Crippen LogP contribution in [0.1, 0.15) is 12.7 Å². The van der Waals surface area contributed by atoms with Crippen LogP contribution in [-0.4, -0.2) is 61.3 Å². The fourth-order valence-electron chi connectivity index (χ4n) is 3.63. The van der Waals surface area contributed by atoms with Crippen LogP contribution in [-0.2, 0) is 11.3 Å². The Bertz CT molecular complexity index is 1280. The van der Waals surface area contributed by atoms with Crippen molar-refractivity contribution in [3.8, 4) is 23.0 Å². The maximum Gasteiger partial charge on any atom is 0.258 e. The Balaban J connectivity index is 1.49. The molecule has 1 aliphatic rings. The molecule has 0 unspecified atom stereocenters. The highest BCUT2D eigenvalue weighted by Gasteiger charge is 2.18. The number of amides is 1. The highest BCUT2D eigenvalue weighted by atomic mass is 35.5. The topological polar surface area (TPSA) is 115 Å². The Kier molecular flexibility index (Phi) is 7.09. The number of carbonyl (C=O) groups is 1. The lowest BCUT2D eigenvalue weighted by Gasteiger charge is -2.21. The van der Waals surface area contributed by atoms with Gasteiger partial charge >= 0.3 is 0 Å². The predicted octanol–water partition coefficient (Wildman–Crippen LogP) is 2.83. The third-order valence-corrected chi connectivity index (χ3v) is 5.67. The summed E-state index contributed by atoms with van der Waals surface area (Å²) in [5.74, 6) is 2.15. The molecule has 0 atom stereocenters. The fraction of sp³-hybridized carbons (Fsp3) is 0.348. The molecule has 0 saturated carbocycles. The van der Waals surface area contributed by atoms with E-state index < -0.39 is 0 Å². The first-order valence-electron chi connectivity index (χ1n) is 10.7. The van der Waals surface area contributed by atoms with Crippen LogP contribution in [0.2, 0.25) is 5.02 Å². The smallest absolute Gasteiger partial charge is 0.258 e. The number of fused-ring (bicyclic) bond motifs is 2. The molecule has 0 aliphatic carbocycles. The minimum Gasteiger partial charge on any atom is -0.493 e. The summed E-state index contributed by atoms with van der Waals surface area (Å²) in [5, 5.41) is 3.55. The van der Waals surface area contributed by atoms with Gasteiger partial charge in [-0.3, -0.25) is 14.5 Å². The quantitative estimate of drug-likeness (QED) is 0.497. The lowest BCUT2D eigenvalue weighted by molar-refractivity contribution is -0.117. The van der Waals surface area contributed by atoms with E-state index in [2.05, 4.69) is 15.3 Å². The molecule has 1 aromatic heterocycles. The second-order valence-corrected chi connectivity index (χ2v) is 7.97. The van der Waals surface area contributed by atoms with Crippen LogP contribution in [0.5, 0.6) is 23.0 Å². The first kappa shape index (κ1) is 23.7. The van der Waals surface area contributed by atoms with Crippen LogP contribution in [0.3, 0.4) is 0 Å². The molecule has 1 aliphatic heterocycles. The summed E-state index contributed by atoms with van der Waals surface area (Å²) in [7, 11) is 3.02. The van der Waals surface area contributed by atoms with Crippen LogP contribution >= 0.6 is 11.6 Å². The number of carbonyl (C=O) groups excluding carboxylic acids is 1. The Morgan fingerprint density at radius 2 is 1.82 bits per heavy atom. The van der Waals surface area contributed by atoms with Gasteiger partial charge in [0.15, 0.2) is 23.0 Å². The van der Waals surface area contributed by atoms with Crippen molar-refractivity contribution in [3.05, 3.63) is 45.5 Å². The highest BCUT2D eigenvalue weighted by molar-refractivity contribution is 6.34. The van der Waals surface area contributed by atoms with E-state index in [1.165, 1.54) is 14.2 Å². The first-order valence-corrected chi connectivity index (χ1v) is 11.1. The molecular formula is C23H25ClN4O6. The van der Waals surface area contributed by atoms with E-state index in [1.54, 1.807) is 24.3 Å². The molecule has 0 saturated heterocycles. The predicted molar refractivity (Wildman–Crippen MR) is 127 cm³/mol. The molecular weight excluding hydrogens is 464 g/mol. The van der Waals surface area contributed by atoms with E-state index in [-0.39, 0.29) is 24.6 Å². The zero-order chi connectivity index (χ0) is 24.2. The zero-order valence-electron chi connectivity index (χ0n) is 19.1. The Labute approximate surface area is 200 Å². The number of likely N-dealkylation sites (N-methyl/N-ethyl adjacent to an activating group) is 1. The molecule has 11 heteroatoms. The molecule has 2 heterocycles. The lowest BCUT2D eigenvalue weighted by Crippen LogP contribution is -2.34. The monoisotopic (exact) mass is 488 g/mol. The summed E-state index contributed by atoms with van der Waals surface area (Å²) in [6, 6.07) is 6.51. The van der Waals surface area contributed by atoms with Gasteiger partial charge in [-0.1, -0.05) is 18.5 Å². The first-order chi connectivity index (χ1) is 16.4. The van der Waals surface area contributed by atoms with Gasteiger partial charge in [0.1, 0.15) is 19.0 Å². The van der Waals surface area contributed by atoms with Crippen molar-refractivity contribution in [2.24, 2.45) is 0 Å². The number of methoxy groups -OCH3 is 2. The number of anilines is 1. The van der Waals surface area contributed by atoms with Crippen molar-refractivity contribution < 1.29 is 23.7 Å². The van der Waals surface area contributed by atoms with Gasteiger partial charge in [-0.2, -0.15) is 0 Å². The van der Waals surface area contributed by atoms with Gasteiger partial charge in [-0.15, -0.1) is 0 Å². The number of benzene rings is 2. The average molecular weight is 489 g/mol. The number of H-pyrrole nitrogens is 1. The number of hydrogen-bond acceptors (Lipinski definition) is 8. The molecule has 10 nitrogen and oxygen atoms in total. The minimum atomic E-state index is -0.301. The number of aromatic nitrogens is 2.